The van der Waals surface area contributed by atoms with Gasteiger partial charge in [0, 0.05) is 28.9 Å². The highest BCUT2D eigenvalue weighted by Gasteiger charge is 2.29. The van der Waals surface area contributed by atoms with E-state index in [1.54, 1.807) is 11.3 Å². The number of nitrogens with one attached hydrogen (secondary N) is 2. The molecule has 0 radical (unpaired) electrons. The van der Waals surface area contributed by atoms with Crippen LogP contribution in [0.25, 0.3) is 0 Å². The quantitative estimate of drug-likeness (QED) is 0.419. The number of rotatable bonds is 5. The van der Waals surface area contributed by atoms with Gasteiger partial charge in [-0.1, -0.05) is 0 Å². The van der Waals surface area contributed by atoms with Crippen molar-refractivity contribution in [1.82, 2.24) is 15.6 Å². The SMILES string of the molecule is CCNC(=NCc1cnc(C)s1)NCC1(C)CCCS1.I. The van der Waals surface area contributed by atoms with Crippen molar-refractivity contribution >= 4 is 53.0 Å². The summed E-state index contributed by atoms with van der Waals surface area (Å²) in [4.78, 5) is 10.1. The molecule has 1 atom stereocenters. The molecule has 1 aromatic heterocycles. The number of thiazole rings is 1. The van der Waals surface area contributed by atoms with Gasteiger partial charge >= 0.3 is 0 Å². The van der Waals surface area contributed by atoms with Gasteiger partial charge in [-0.2, -0.15) is 11.8 Å². The Morgan fingerprint density at radius 2 is 2.29 bits per heavy atom. The molecule has 1 aliphatic rings. The second-order valence-electron chi connectivity index (χ2n) is 5.30. The monoisotopic (exact) mass is 440 g/mol. The summed E-state index contributed by atoms with van der Waals surface area (Å²) in [5.74, 6) is 2.19. The minimum absolute atomic E-state index is 0. The summed E-state index contributed by atoms with van der Waals surface area (Å²) in [6.07, 6.45) is 4.54. The van der Waals surface area contributed by atoms with Crippen LogP contribution in [0.3, 0.4) is 0 Å². The molecule has 4 nitrogen and oxygen atoms in total. The number of nitrogens with zero attached hydrogens (tertiary/aromatic N) is 2. The third-order valence-electron chi connectivity index (χ3n) is 3.34. The van der Waals surface area contributed by atoms with E-state index >= 15 is 0 Å². The molecule has 1 aromatic rings. The lowest BCUT2D eigenvalue weighted by molar-refractivity contribution is 0.585. The summed E-state index contributed by atoms with van der Waals surface area (Å²) >= 11 is 3.78. The van der Waals surface area contributed by atoms with Gasteiger partial charge in [-0.25, -0.2) is 9.98 Å². The average molecular weight is 440 g/mol. The van der Waals surface area contributed by atoms with Crippen molar-refractivity contribution < 1.29 is 0 Å². The summed E-state index contributed by atoms with van der Waals surface area (Å²) < 4.78 is 0.358. The highest BCUT2D eigenvalue weighted by molar-refractivity contribution is 14.0. The minimum atomic E-state index is 0. The number of aliphatic imine (C=N–C) groups is 1. The maximum absolute atomic E-state index is 4.64. The fourth-order valence-electron chi connectivity index (χ4n) is 2.22. The molecule has 2 heterocycles. The Bertz CT molecular complexity index is 456. The van der Waals surface area contributed by atoms with E-state index in [4.69, 9.17) is 0 Å². The summed E-state index contributed by atoms with van der Waals surface area (Å²) in [7, 11) is 0. The summed E-state index contributed by atoms with van der Waals surface area (Å²) in [6.45, 7) is 9.03. The predicted molar refractivity (Wildman–Crippen MR) is 105 cm³/mol. The molecule has 21 heavy (non-hydrogen) atoms. The number of halogens is 1. The van der Waals surface area contributed by atoms with Crippen molar-refractivity contribution in [3.63, 3.8) is 0 Å². The van der Waals surface area contributed by atoms with Gasteiger partial charge in [-0.05, 0) is 39.4 Å². The first-order valence-electron chi connectivity index (χ1n) is 7.19. The number of hydrogen-bond donors (Lipinski definition) is 2. The van der Waals surface area contributed by atoms with E-state index in [9.17, 15) is 0 Å². The van der Waals surface area contributed by atoms with Crippen LogP contribution in [-0.4, -0.2) is 34.5 Å². The lowest BCUT2D eigenvalue weighted by Gasteiger charge is -2.24. The van der Waals surface area contributed by atoms with Gasteiger partial charge in [0.2, 0.25) is 0 Å². The van der Waals surface area contributed by atoms with Crippen molar-refractivity contribution in [3.05, 3.63) is 16.1 Å². The first-order valence-corrected chi connectivity index (χ1v) is 8.99. The molecule has 120 valence electrons. The highest BCUT2D eigenvalue weighted by Crippen LogP contribution is 2.36. The van der Waals surface area contributed by atoms with Crippen molar-refractivity contribution in [1.29, 1.82) is 0 Å². The smallest absolute Gasteiger partial charge is 0.191 e. The third-order valence-corrected chi connectivity index (χ3v) is 5.77. The van der Waals surface area contributed by atoms with E-state index < -0.39 is 0 Å². The zero-order chi connectivity index (χ0) is 14.4. The molecular weight excluding hydrogens is 415 g/mol. The van der Waals surface area contributed by atoms with Crippen LogP contribution >= 0.6 is 47.1 Å². The Morgan fingerprint density at radius 1 is 1.48 bits per heavy atom. The maximum atomic E-state index is 4.64. The molecule has 1 saturated heterocycles. The van der Waals surface area contributed by atoms with Crippen LogP contribution in [0.1, 0.15) is 36.6 Å². The van der Waals surface area contributed by atoms with Gasteiger partial charge in [-0.15, -0.1) is 35.3 Å². The van der Waals surface area contributed by atoms with Crippen molar-refractivity contribution in [2.45, 2.75) is 44.9 Å². The summed E-state index contributed by atoms with van der Waals surface area (Å²) in [5.41, 5.74) is 0. The van der Waals surface area contributed by atoms with Crippen molar-refractivity contribution in [2.75, 3.05) is 18.8 Å². The number of thioether (sulfide) groups is 1. The summed E-state index contributed by atoms with van der Waals surface area (Å²) in [5, 5.41) is 7.90. The predicted octanol–water partition coefficient (Wildman–Crippen LogP) is 3.41. The Labute approximate surface area is 153 Å². The lowest BCUT2D eigenvalue weighted by atomic mass is 10.1. The van der Waals surface area contributed by atoms with Crippen LogP contribution in [-0.2, 0) is 6.54 Å². The molecule has 1 fully saturated rings. The number of guanidine groups is 1. The largest absolute Gasteiger partial charge is 0.357 e. The first kappa shape index (κ1) is 19.0. The first-order chi connectivity index (χ1) is 9.61. The second-order valence-corrected chi connectivity index (χ2v) is 8.30. The van der Waals surface area contributed by atoms with E-state index in [2.05, 4.69) is 46.2 Å². The van der Waals surface area contributed by atoms with Crippen LogP contribution in [0.2, 0.25) is 0 Å². The molecule has 1 unspecified atom stereocenters. The molecule has 0 spiro atoms. The molecular formula is C14H25IN4S2. The van der Waals surface area contributed by atoms with E-state index in [1.807, 2.05) is 13.1 Å². The topological polar surface area (TPSA) is 49.3 Å². The van der Waals surface area contributed by atoms with Gasteiger partial charge < -0.3 is 10.6 Å². The Kier molecular flexibility index (Phi) is 8.33. The van der Waals surface area contributed by atoms with Crippen LogP contribution in [0.15, 0.2) is 11.2 Å². The fourth-order valence-corrected chi connectivity index (χ4v) is 4.19. The van der Waals surface area contributed by atoms with Crippen LogP contribution < -0.4 is 10.6 Å². The maximum Gasteiger partial charge on any atom is 0.191 e. The Morgan fingerprint density at radius 3 is 2.86 bits per heavy atom. The number of aryl methyl sites for hydroxylation is 1. The Balaban J connectivity index is 0.00000220. The molecule has 0 amide bonds. The van der Waals surface area contributed by atoms with Crippen LogP contribution in [0.4, 0.5) is 0 Å². The second kappa shape index (κ2) is 9.19. The molecule has 0 aliphatic carbocycles. The van der Waals surface area contributed by atoms with Crippen LogP contribution in [0, 0.1) is 6.92 Å². The van der Waals surface area contributed by atoms with Gasteiger partial charge in [0.05, 0.1) is 11.6 Å². The molecule has 7 heteroatoms. The van der Waals surface area contributed by atoms with E-state index in [0.717, 1.165) is 24.1 Å². The molecule has 0 aromatic carbocycles. The number of aromatic nitrogens is 1. The normalized spacial score (nSPS) is 22.0. The molecule has 0 bridgehead atoms. The molecule has 0 saturated carbocycles. The molecule has 2 N–H and O–H groups in total. The standard InChI is InChI=1S/C14H24N4S2.HI/c1-4-15-13(17-9-12-8-16-11(2)20-12)18-10-14(3)6-5-7-19-14;/h8H,4-7,9-10H2,1-3H3,(H2,15,17,18);1H. The third kappa shape index (κ3) is 6.32. The highest BCUT2D eigenvalue weighted by atomic mass is 127. The van der Waals surface area contributed by atoms with Gasteiger partial charge in [0.1, 0.15) is 0 Å². The molecule has 1 aliphatic heterocycles. The zero-order valence-electron chi connectivity index (χ0n) is 12.9. The van der Waals surface area contributed by atoms with E-state index in [1.165, 1.54) is 23.5 Å². The zero-order valence-corrected chi connectivity index (χ0v) is 16.9. The van der Waals surface area contributed by atoms with E-state index in [0.29, 0.717) is 11.3 Å². The fraction of sp³-hybridized carbons (Fsp3) is 0.714. The lowest BCUT2D eigenvalue weighted by Crippen LogP contribution is -2.43. The summed E-state index contributed by atoms with van der Waals surface area (Å²) in [6, 6.07) is 0. The number of hydrogen-bond acceptors (Lipinski definition) is 4. The average Bonchev–Trinajstić information content (AvgIpc) is 3.03. The van der Waals surface area contributed by atoms with Crippen LogP contribution in [0.5, 0.6) is 0 Å². The molecule has 2 rings (SSSR count). The van der Waals surface area contributed by atoms with Gasteiger partial charge in [0.15, 0.2) is 5.96 Å². The van der Waals surface area contributed by atoms with Gasteiger partial charge in [-0.3, -0.25) is 0 Å². The van der Waals surface area contributed by atoms with Gasteiger partial charge in [0.25, 0.3) is 0 Å². The minimum Gasteiger partial charge on any atom is -0.357 e. The van der Waals surface area contributed by atoms with Crippen molar-refractivity contribution in [2.24, 2.45) is 4.99 Å². The Hall–Kier alpha value is -0.0200. The van der Waals surface area contributed by atoms with Crippen molar-refractivity contribution in [3.8, 4) is 0 Å². The van der Waals surface area contributed by atoms with E-state index in [-0.39, 0.29) is 24.0 Å².